The van der Waals surface area contributed by atoms with Crippen LogP contribution >= 0.6 is 23.2 Å². The molecule has 0 aliphatic carbocycles. The summed E-state index contributed by atoms with van der Waals surface area (Å²) in [6.45, 7) is 6.74. The highest BCUT2D eigenvalue weighted by Gasteiger charge is 2.23. The summed E-state index contributed by atoms with van der Waals surface area (Å²) in [5.74, 6) is 0.825. The van der Waals surface area contributed by atoms with Crippen molar-refractivity contribution in [3.8, 4) is 0 Å². The monoisotopic (exact) mass is 302 g/mol. The molecule has 0 spiro atoms. The van der Waals surface area contributed by atoms with Crippen molar-refractivity contribution in [2.24, 2.45) is 5.73 Å². The number of hydrogen-bond acceptors (Lipinski definition) is 4. The summed E-state index contributed by atoms with van der Waals surface area (Å²) in [6, 6.07) is 2.22. The third-order valence-electron chi connectivity index (χ3n) is 3.66. The number of pyridine rings is 1. The van der Waals surface area contributed by atoms with Gasteiger partial charge in [-0.05, 0) is 12.5 Å². The molecule has 1 aliphatic heterocycles. The molecule has 2 heterocycles. The quantitative estimate of drug-likeness (QED) is 0.926. The van der Waals surface area contributed by atoms with Crippen LogP contribution in [0.4, 0.5) is 5.82 Å². The second-order valence-electron chi connectivity index (χ2n) is 4.78. The number of halogens is 2. The fraction of sp³-hybridized carbons (Fsp3) is 0.615. The molecule has 1 aromatic heterocycles. The summed E-state index contributed by atoms with van der Waals surface area (Å²) in [7, 11) is 0. The molecule has 1 unspecified atom stereocenters. The van der Waals surface area contributed by atoms with Gasteiger partial charge in [0, 0.05) is 45.0 Å². The maximum Gasteiger partial charge on any atom is 0.147 e. The van der Waals surface area contributed by atoms with E-state index in [4.69, 9.17) is 28.9 Å². The maximum absolute atomic E-state index is 6.19. The first kappa shape index (κ1) is 14.9. The van der Waals surface area contributed by atoms with Gasteiger partial charge in [0.1, 0.15) is 5.82 Å². The normalized spacial score (nSPS) is 18.6. The van der Waals surface area contributed by atoms with Crippen molar-refractivity contribution in [3.05, 3.63) is 22.3 Å². The van der Waals surface area contributed by atoms with Gasteiger partial charge in [0.15, 0.2) is 0 Å². The Morgan fingerprint density at radius 3 is 2.53 bits per heavy atom. The van der Waals surface area contributed by atoms with Crippen LogP contribution in [0.15, 0.2) is 12.3 Å². The number of hydrogen-bond donors (Lipinski definition) is 1. The Kier molecular flexibility index (Phi) is 5.28. The molecule has 0 amide bonds. The largest absolute Gasteiger partial charge is 0.353 e. The van der Waals surface area contributed by atoms with Crippen molar-refractivity contribution < 1.29 is 0 Å². The van der Waals surface area contributed by atoms with Crippen LogP contribution in [-0.2, 0) is 0 Å². The van der Waals surface area contributed by atoms with Crippen LogP contribution < -0.4 is 10.6 Å². The molecule has 1 fully saturated rings. The molecule has 4 nitrogen and oxygen atoms in total. The van der Waals surface area contributed by atoms with Gasteiger partial charge in [-0.25, -0.2) is 4.98 Å². The summed E-state index contributed by atoms with van der Waals surface area (Å²) in [5, 5.41) is 1.19. The van der Waals surface area contributed by atoms with E-state index in [0.717, 1.165) is 45.0 Å². The van der Waals surface area contributed by atoms with Crippen molar-refractivity contribution in [1.29, 1.82) is 0 Å². The van der Waals surface area contributed by atoms with E-state index in [2.05, 4.69) is 21.7 Å². The molecule has 106 valence electrons. The van der Waals surface area contributed by atoms with Gasteiger partial charge in [-0.2, -0.15) is 0 Å². The van der Waals surface area contributed by atoms with E-state index in [0.29, 0.717) is 16.1 Å². The van der Waals surface area contributed by atoms with Crippen molar-refractivity contribution in [3.63, 3.8) is 0 Å². The smallest absolute Gasteiger partial charge is 0.147 e. The van der Waals surface area contributed by atoms with Gasteiger partial charge in [-0.15, -0.1) is 0 Å². The molecule has 0 saturated carbocycles. The van der Waals surface area contributed by atoms with Gasteiger partial charge in [-0.3, -0.25) is 4.90 Å². The van der Waals surface area contributed by atoms with Crippen molar-refractivity contribution in [1.82, 2.24) is 9.88 Å². The number of nitrogens with zero attached hydrogens (tertiary/aromatic N) is 3. The lowest BCUT2D eigenvalue weighted by atomic mass is 10.1. The first-order valence-electron chi connectivity index (χ1n) is 6.65. The predicted octanol–water partition coefficient (Wildman–Crippen LogP) is 2.25. The minimum Gasteiger partial charge on any atom is -0.353 e. The zero-order chi connectivity index (χ0) is 13.8. The molecule has 1 atom stereocenters. The zero-order valence-corrected chi connectivity index (χ0v) is 12.7. The Morgan fingerprint density at radius 2 is 2.00 bits per heavy atom. The molecule has 2 N–H and O–H groups in total. The van der Waals surface area contributed by atoms with Crippen molar-refractivity contribution in [2.45, 2.75) is 19.4 Å². The van der Waals surface area contributed by atoms with Gasteiger partial charge >= 0.3 is 0 Å². The molecular weight excluding hydrogens is 283 g/mol. The lowest BCUT2D eigenvalue weighted by Gasteiger charge is -2.39. The van der Waals surface area contributed by atoms with Gasteiger partial charge in [0.2, 0.25) is 0 Å². The molecule has 0 bridgehead atoms. The summed E-state index contributed by atoms with van der Waals surface area (Å²) in [4.78, 5) is 8.98. The molecule has 1 saturated heterocycles. The number of aromatic nitrogens is 1. The van der Waals surface area contributed by atoms with Crippen molar-refractivity contribution >= 4 is 29.0 Å². The second kappa shape index (κ2) is 6.75. The van der Waals surface area contributed by atoms with Crippen LogP contribution in [0.2, 0.25) is 10.0 Å². The van der Waals surface area contributed by atoms with Crippen molar-refractivity contribution in [2.75, 3.05) is 37.6 Å². The fourth-order valence-corrected chi connectivity index (χ4v) is 3.01. The maximum atomic E-state index is 6.19. The van der Waals surface area contributed by atoms with Gasteiger partial charge in [0.05, 0.1) is 10.0 Å². The van der Waals surface area contributed by atoms with Crippen LogP contribution in [0.25, 0.3) is 0 Å². The van der Waals surface area contributed by atoms with Crippen LogP contribution in [0, 0.1) is 0 Å². The SMILES string of the molecule is CCC(CN)N1CCN(c2ncc(Cl)cc2Cl)CC1. The number of rotatable bonds is 4. The van der Waals surface area contributed by atoms with E-state index < -0.39 is 0 Å². The summed E-state index contributed by atoms with van der Waals surface area (Å²) >= 11 is 12.1. The predicted molar refractivity (Wildman–Crippen MR) is 81.2 cm³/mol. The Hall–Kier alpha value is -0.550. The molecule has 19 heavy (non-hydrogen) atoms. The zero-order valence-electron chi connectivity index (χ0n) is 11.1. The lowest BCUT2D eigenvalue weighted by molar-refractivity contribution is 0.184. The average molecular weight is 303 g/mol. The molecular formula is C13H20Cl2N4. The van der Waals surface area contributed by atoms with E-state index in [1.807, 2.05) is 0 Å². The molecule has 1 aromatic rings. The van der Waals surface area contributed by atoms with Crippen LogP contribution in [0.3, 0.4) is 0 Å². The first-order valence-corrected chi connectivity index (χ1v) is 7.41. The van der Waals surface area contributed by atoms with E-state index in [-0.39, 0.29) is 0 Å². The van der Waals surface area contributed by atoms with E-state index in [1.54, 1.807) is 12.3 Å². The Labute approximate surface area is 124 Å². The summed E-state index contributed by atoms with van der Waals surface area (Å²) < 4.78 is 0. The number of nitrogens with two attached hydrogens (primary N) is 1. The standard InChI is InChI=1S/C13H20Cl2N4/c1-2-11(8-16)18-3-5-19(6-4-18)13-12(15)7-10(14)9-17-13/h7,9,11H,2-6,8,16H2,1H3. The summed E-state index contributed by atoms with van der Waals surface area (Å²) in [5.41, 5.74) is 5.80. The highest BCUT2D eigenvalue weighted by Crippen LogP contribution is 2.27. The second-order valence-corrected chi connectivity index (χ2v) is 5.62. The first-order chi connectivity index (χ1) is 9.15. The topological polar surface area (TPSA) is 45.4 Å². The van der Waals surface area contributed by atoms with Gasteiger partial charge < -0.3 is 10.6 Å². The van der Waals surface area contributed by atoms with E-state index >= 15 is 0 Å². The molecule has 2 rings (SSSR count). The molecule has 0 radical (unpaired) electrons. The Balaban J connectivity index is 1.99. The van der Waals surface area contributed by atoms with Gasteiger partial charge in [0.25, 0.3) is 0 Å². The Bertz CT molecular complexity index is 415. The minimum atomic E-state index is 0.482. The highest BCUT2D eigenvalue weighted by atomic mass is 35.5. The summed E-state index contributed by atoms with van der Waals surface area (Å²) in [6.07, 6.45) is 2.74. The molecule has 0 aromatic carbocycles. The molecule has 1 aliphatic rings. The van der Waals surface area contributed by atoms with E-state index in [1.165, 1.54) is 0 Å². The minimum absolute atomic E-state index is 0.482. The van der Waals surface area contributed by atoms with Crippen LogP contribution in [0.1, 0.15) is 13.3 Å². The lowest BCUT2D eigenvalue weighted by Crippen LogP contribution is -2.52. The van der Waals surface area contributed by atoms with E-state index in [9.17, 15) is 0 Å². The average Bonchev–Trinajstić information content (AvgIpc) is 2.41. The third-order valence-corrected chi connectivity index (χ3v) is 4.15. The van der Waals surface area contributed by atoms with Gasteiger partial charge in [-0.1, -0.05) is 30.1 Å². The Morgan fingerprint density at radius 1 is 1.32 bits per heavy atom. The highest BCUT2D eigenvalue weighted by molar-refractivity contribution is 6.36. The molecule has 6 heteroatoms. The van der Waals surface area contributed by atoms with Crippen LogP contribution in [-0.4, -0.2) is 48.6 Å². The number of piperazine rings is 1. The van der Waals surface area contributed by atoms with Crippen LogP contribution in [0.5, 0.6) is 0 Å². The fourth-order valence-electron chi connectivity index (χ4n) is 2.51. The third kappa shape index (κ3) is 3.51. The number of anilines is 1.